The highest BCUT2D eigenvalue weighted by Crippen LogP contribution is 2.04. The summed E-state index contributed by atoms with van der Waals surface area (Å²) in [7, 11) is 1.43. The minimum Gasteiger partial charge on any atom is -0.469 e. The van der Waals surface area contributed by atoms with Gasteiger partial charge in [0.15, 0.2) is 5.96 Å². The zero-order valence-electron chi connectivity index (χ0n) is 16.2. The number of rotatable bonds is 12. The van der Waals surface area contributed by atoms with Crippen LogP contribution in [0.25, 0.3) is 0 Å². The number of nitrogens with one attached hydrogen (secondary N) is 2. The van der Waals surface area contributed by atoms with Gasteiger partial charge in [-0.3, -0.25) is 9.79 Å². The number of aliphatic imine (C=N–C) groups is 1. The Morgan fingerprint density at radius 2 is 2.00 bits per heavy atom. The Morgan fingerprint density at radius 1 is 1.23 bits per heavy atom. The maximum atomic E-state index is 11.0. The van der Waals surface area contributed by atoms with Crippen LogP contribution in [0.15, 0.2) is 11.3 Å². The topological polar surface area (TPSA) is 93.4 Å². The SMILES string of the molecule is CCNC(=NCCCCCCC(=O)OC)NCCn1cnnc1CC.I. The minimum absolute atomic E-state index is 0. The van der Waals surface area contributed by atoms with Gasteiger partial charge in [0.2, 0.25) is 0 Å². The largest absolute Gasteiger partial charge is 0.469 e. The molecule has 1 aromatic rings. The lowest BCUT2D eigenvalue weighted by atomic mass is 10.1. The molecule has 0 saturated carbocycles. The Bertz CT molecular complexity index is 521. The number of aryl methyl sites for hydroxylation is 1. The van der Waals surface area contributed by atoms with Crippen molar-refractivity contribution in [3.8, 4) is 0 Å². The van der Waals surface area contributed by atoms with Crippen LogP contribution in [0.3, 0.4) is 0 Å². The number of carbonyl (C=O) groups excluding carboxylic acids is 1. The van der Waals surface area contributed by atoms with E-state index in [2.05, 4.69) is 49.0 Å². The molecule has 0 aliphatic carbocycles. The summed E-state index contributed by atoms with van der Waals surface area (Å²) in [5.74, 6) is 1.70. The average Bonchev–Trinajstić information content (AvgIpc) is 3.08. The van der Waals surface area contributed by atoms with Gasteiger partial charge in [-0.15, -0.1) is 34.2 Å². The van der Waals surface area contributed by atoms with E-state index >= 15 is 0 Å². The number of hydrogen-bond donors (Lipinski definition) is 2. The molecule has 0 radical (unpaired) electrons. The summed E-state index contributed by atoms with van der Waals surface area (Å²) in [5.41, 5.74) is 0. The van der Waals surface area contributed by atoms with Gasteiger partial charge in [-0.25, -0.2) is 0 Å². The molecular formula is C17H33IN6O2. The van der Waals surface area contributed by atoms with Gasteiger partial charge in [-0.2, -0.15) is 0 Å². The fourth-order valence-corrected chi connectivity index (χ4v) is 2.40. The standard InChI is InChI=1S/C17H32N6O2.HI/c1-4-15-22-21-14-23(15)13-12-20-17(18-5-2)19-11-9-7-6-8-10-16(24)25-3;/h14H,4-13H2,1-3H3,(H2,18,19,20);1H. The van der Waals surface area contributed by atoms with Crippen LogP contribution in [0.1, 0.15) is 51.8 Å². The monoisotopic (exact) mass is 480 g/mol. The molecule has 8 nitrogen and oxygen atoms in total. The molecule has 2 N–H and O–H groups in total. The zero-order valence-corrected chi connectivity index (χ0v) is 18.5. The number of ether oxygens (including phenoxy) is 1. The second-order valence-corrected chi connectivity index (χ2v) is 5.72. The molecule has 0 atom stereocenters. The van der Waals surface area contributed by atoms with E-state index in [0.29, 0.717) is 6.42 Å². The Labute approximate surface area is 173 Å². The number of esters is 1. The van der Waals surface area contributed by atoms with Gasteiger partial charge >= 0.3 is 5.97 Å². The fraction of sp³-hybridized carbons (Fsp3) is 0.765. The lowest BCUT2D eigenvalue weighted by molar-refractivity contribution is -0.140. The van der Waals surface area contributed by atoms with Crippen molar-refractivity contribution >= 4 is 35.9 Å². The van der Waals surface area contributed by atoms with E-state index < -0.39 is 0 Å². The predicted molar refractivity (Wildman–Crippen MR) is 114 cm³/mol. The van der Waals surface area contributed by atoms with Gasteiger partial charge in [-0.1, -0.05) is 19.8 Å². The molecule has 9 heteroatoms. The Hall–Kier alpha value is -1.39. The first-order valence-electron chi connectivity index (χ1n) is 9.16. The van der Waals surface area contributed by atoms with Gasteiger partial charge in [0.1, 0.15) is 12.2 Å². The summed E-state index contributed by atoms with van der Waals surface area (Å²) in [6.45, 7) is 7.33. The summed E-state index contributed by atoms with van der Waals surface area (Å²) in [6.07, 6.45) is 7.15. The van der Waals surface area contributed by atoms with Crippen molar-refractivity contribution in [2.45, 2.75) is 58.9 Å². The molecule has 0 bridgehead atoms. The molecule has 0 spiro atoms. The molecule has 0 aliphatic rings. The van der Waals surface area contributed by atoms with Crippen LogP contribution in [0, 0.1) is 0 Å². The summed E-state index contributed by atoms with van der Waals surface area (Å²) in [4.78, 5) is 15.6. The second kappa shape index (κ2) is 15.8. The van der Waals surface area contributed by atoms with Crippen molar-refractivity contribution in [1.82, 2.24) is 25.4 Å². The number of methoxy groups -OCH3 is 1. The Balaban J connectivity index is 0.00000625. The van der Waals surface area contributed by atoms with E-state index in [4.69, 9.17) is 0 Å². The van der Waals surface area contributed by atoms with Crippen LogP contribution in [0.2, 0.25) is 0 Å². The van der Waals surface area contributed by atoms with Crippen molar-refractivity contribution < 1.29 is 9.53 Å². The summed E-state index contributed by atoms with van der Waals surface area (Å²) in [5, 5.41) is 14.6. The molecule has 1 heterocycles. The van der Waals surface area contributed by atoms with Gasteiger partial charge in [0.05, 0.1) is 7.11 Å². The van der Waals surface area contributed by atoms with Crippen LogP contribution >= 0.6 is 24.0 Å². The van der Waals surface area contributed by atoms with Crippen molar-refractivity contribution in [1.29, 1.82) is 0 Å². The number of aromatic nitrogens is 3. The highest BCUT2D eigenvalue weighted by atomic mass is 127. The minimum atomic E-state index is -0.129. The summed E-state index contributed by atoms with van der Waals surface area (Å²) >= 11 is 0. The third kappa shape index (κ3) is 10.6. The number of halogens is 1. The molecule has 26 heavy (non-hydrogen) atoms. The first kappa shape index (κ1) is 24.6. The quantitative estimate of drug-likeness (QED) is 0.157. The molecule has 1 aromatic heterocycles. The van der Waals surface area contributed by atoms with Crippen LogP contribution in [-0.2, 0) is 22.5 Å². The molecule has 0 unspecified atom stereocenters. The Morgan fingerprint density at radius 3 is 2.69 bits per heavy atom. The summed E-state index contributed by atoms with van der Waals surface area (Å²) < 4.78 is 6.68. The predicted octanol–water partition coefficient (Wildman–Crippen LogP) is 2.14. The first-order valence-corrected chi connectivity index (χ1v) is 9.16. The zero-order chi connectivity index (χ0) is 18.3. The van der Waals surface area contributed by atoms with Crippen molar-refractivity contribution in [2.24, 2.45) is 4.99 Å². The number of hydrogen-bond acceptors (Lipinski definition) is 5. The molecular weight excluding hydrogens is 447 g/mol. The van der Waals surface area contributed by atoms with Crippen LogP contribution in [0.5, 0.6) is 0 Å². The van der Waals surface area contributed by atoms with Crippen molar-refractivity contribution in [3.63, 3.8) is 0 Å². The molecule has 0 fully saturated rings. The van der Waals surface area contributed by atoms with Gasteiger partial charge in [-0.05, 0) is 19.8 Å². The second-order valence-electron chi connectivity index (χ2n) is 5.72. The van der Waals surface area contributed by atoms with Crippen LogP contribution < -0.4 is 10.6 Å². The molecule has 0 aromatic carbocycles. The van der Waals surface area contributed by atoms with Crippen LogP contribution in [0.4, 0.5) is 0 Å². The molecule has 1 rings (SSSR count). The van der Waals surface area contributed by atoms with E-state index in [0.717, 1.165) is 70.1 Å². The number of nitrogens with zero attached hydrogens (tertiary/aromatic N) is 4. The smallest absolute Gasteiger partial charge is 0.305 e. The maximum Gasteiger partial charge on any atom is 0.305 e. The van der Waals surface area contributed by atoms with Gasteiger partial charge in [0.25, 0.3) is 0 Å². The van der Waals surface area contributed by atoms with E-state index in [1.165, 1.54) is 7.11 Å². The van der Waals surface area contributed by atoms with Gasteiger partial charge < -0.3 is 19.9 Å². The lowest BCUT2D eigenvalue weighted by Crippen LogP contribution is -2.39. The third-order valence-corrected chi connectivity index (χ3v) is 3.79. The van der Waals surface area contributed by atoms with E-state index in [-0.39, 0.29) is 29.9 Å². The van der Waals surface area contributed by atoms with Crippen LogP contribution in [-0.4, -0.2) is 53.4 Å². The van der Waals surface area contributed by atoms with Crippen molar-refractivity contribution in [2.75, 3.05) is 26.7 Å². The van der Waals surface area contributed by atoms with E-state index in [1.54, 1.807) is 6.33 Å². The molecule has 150 valence electrons. The first-order chi connectivity index (χ1) is 12.2. The van der Waals surface area contributed by atoms with E-state index in [1.807, 2.05) is 0 Å². The highest BCUT2D eigenvalue weighted by molar-refractivity contribution is 14.0. The Kier molecular flexibility index (Phi) is 15.0. The molecule has 0 aliphatic heterocycles. The third-order valence-electron chi connectivity index (χ3n) is 3.79. The highest BCUT2D eigenvalue weighted by Gasteiger charge is 2.02. The van der Waals surface area contributed by atoms with Crippen molar-refractivity contribution in [3.05, 3.63) is 12.2 Å². The normalized spacial score (nSPS) is 11.0. The molecule has 0 amide bonds. The van der Waals surface area contributed by atoms with Gasteiger partial charge in [0, 0.05) is 39.0 Å². The average molecular weight is 480 g/mol. The lowest BCUT2D eigenvalue weighted by Gasteiger charge is -2.12. The van der Waals surface area contributed by atoms with E-state index in [9.17, 15) is 4.79 Å². The molecule has 0 saturated heterocycles. The fourth-order valence-electron chi connectivity index (χ4n) is 2.40. The number of carbonyl (C=O) groups is 1. The summed E-state index contributed by atoms with van der Waals surface area (Å²) in [6, 6.07) is 0. The maximum absolute atomic E-state index is 11.0. The number of guanidine groups is 1. The number of unbranched alkanes of at least 4 members (excludes halogenated alkanes) is 3.